The van der Waals surface area contributed by atoms with Crippen LogP contribution < -0.4 is 0 Å². The van der Waals surface area contributed by atoms with Crippen molar-refractivity contribution in [2.24, 2.45) is 0 Å². The third-order valence-corrected chi connectivity index (χ3v) is 1.44. The van der Waals surface area contributed by atoms with Gasteiger partial charge in [-0.1, -0.05) is 30.3 Å². The summed E-state index contributed by atoms with van der Waals surface area (Å²) in [5.41, 5.74) is 0.929. The van der Waals surface area contributed by atoms with Crippen LogP contribution in [0.1, 0.15) is 0 Å². The zero-order valence-electron chi connectivity index (χ0n) is 6.25. The fourth-order valence-electron chi connectivity index (χ4n) is 0.907. The normalized spacial score (nSPS) is 9.67. The Labute approximate surface area is 69.3 Å². The molecule has 1 aromatic heterocycles. The Morgan fingerprint density at radius 2 is 1.50 bits per heavy atom. The summed E-state index contributed by atoms with van der Waals surface area (Å²) in [5, 5.41) is 14.9. The molecule has 0 fully saturated rings. The van der Waals surface area contributed by atoms with E-state index in [1.165, 1.54) is 6.33 Å². The Kier molecular flexibility index (Phi) is 1.74. The van der Waals surface area contributed by atoms with Crippen molar-refractivity contribution in [3.8, 4) is 11.4 Å². The van der Waals surface area contributed by atoms with Crippen LogP contribution in [0.15, 0.2) is 36.7 Å². The summed E-state index contributed by atoms with van der Waals surface area (Å²) < 4.78 is 0. The van der Waals surface area contributed by atoms with Crippen molar-refractivity contribution in [3.05, 3.63) is 36.7 Å². The van der Waals surface area contributed by atoms with Crippen molar-refractivity contribution >= 4 is 0 Å². The average Bonchev–Trinajstić information content (AvgIpc) is 2.21. The topological polar surface area (TPSA) is 51.6 Å². The van der Waals surface area contributed by atoms with Gasteiger partial charge in [0.05, 0.1) is 0 Å². The van der Waals surface area contributed by atoms with E-state index < -0.39 is 0 Å². The molecule has 0 aliphatic rings. The SMILES string of the molecule is c1ccc(-c2nncnn2)cc1. The molecule has 2 rings (SSSR count). The Bertz CT molecular complexity index is 308. The second-order valence-electron chi connectivity index (χ2n) is 2.24. The highest BCUT2D eigenvalue weighted by Crippen LogP contribution is 2.10. The van der Waals surface area contributed by atoms with Crippen molar-refractivity contribution in [1.82, 2.24) is 20.4 Å². The first kappa shape index (κ1) is 6.84. The molecule has 0 radical (unpaired) electrons. The largest absolute Gasteiger partial charge is 0.203 e. The molecule has 0 amide bonds. The first-order valence-corrected chi connectivity index (χ1v) is 3.52. The van der Waals surface area contributed by atoms with Gasteiger partial charge in [-0.15, -0.1) is 20.4 Å². The second-order valence-corrected chi connectivity index (χ2v) is 2.24. The standard InChI is InChI=1S/C8H6N4/c1-2-4-7(5-3-1)8-11-9-6-10-12-8/h1-6H. The minimum absolute atomic E-state index is 0.554. The third kappa shape index (κ3) is 1.27. The minimum atomic E-state index is 0.554. The third-order valence-electron chi connectivity index (χ3n) is 1.44. The summed E-state index contributed by atoms with van der Waals surface area (Å²) in [4.78, 5) is 0. The van der Waals surface area contributed by atoms with E-state index in [0.717, 1.165) is 5.56 Å². The van der Waals surface area contributed by atoms with Crippen LogP contribution in [-0.4, -0.2) is 20.4 Å². The molecule has 0 atom stereocenters. The molecular weight excluding hydrogens is 152 g/mol. The van der Waals surface area contributed by atoms with Gasteiger partial charge in [0.15, 0.2) is 6.33 Å². The van der Waals surface area contributed by atoms with Crippen molar-refractivity contribution in [2.45, 2.75) is 0 Å². The lowest BCUT2D eigenvalue weighted by Gasteiger charge is -1.93. The van der Waals surface area contributed by atoms with E-state index in [1.807, 2.05) is 30.3 Å². The number of benzene rings is 1. The first-order chi connectivity index (χ1) is 5.97. The second kappa shape index (κ2) is 3.04. The molecule has 1 heterocycles. The van der Waals surface area contributed by atoms with Gasteiger partial charge >= 0.3 is 0 Å². The van der Waals surface area contributed by atoms with Gasteiger partial charge < -0.3 is 0 Å². The molecule has 1 aromatic carbocycles. The Balaban J connectivity index is 2.46. The number of nitrogens with zero attached hydrogens (tertiary/aromatic N) is 4. The van der Waals surface area contributed by atoms with Gasteiger partial charge in [0, 0.05) is 5.56 Å². The molecule has 58 valence electrons. The van der Waals surface area contributed by atoms with E-state index in [0.29, 0.717) is 5.82 Å². The van der Waals surface area contributed by atoms with E-state index in [-0.39, 0.29) is 0 Å². The molecule has 0 bridgehead atoms. The maximum Gasteiger partial charge on any atom is 0.203 e. The minimum Gasteiger partial charge on any atom is -0.135 e. The molecule has 0 saturated carbocycles. The smallest absolute Gasteiger partial charge is 0.135 e. The molecule has 4 heteroatoms. The van der Waals surface area contributed by atoms with Crippen LogP contribution in [0, 0.1) is 0 Å². The summed E-state index contributed by atoms with van der Waals surface area (Å²) in [6.45, 7) is 0. The van der Waals surface area contributed by atoms with E-state index in [2.05, 4.69) is 20.4 Å². The van der Waals surface area contributed by atoms with Crippen LogP contribution >= 0.6 is 0 Å². The zero-order chi connectivity index (χ0) is 8.23. The average molecular weight is 158 g/mol. The van der Waals surface area contributed by atoms with E-state index >= 15 is 0 Å². The van der Waals surface area contributed by atoms with Crippen molar-refractivity contribution in [2.75, 3.05) is 0 Å². The maximum absolute atomic E-state index is 3.83. The molecule has 0 unspecified atom stereocenters. The Morgan fingerprint density at radius 3 is 2.17 bits per heavy atom. The van der Waals surface area contributed by atoms with E-state index in [1.54, 1.807) is 0 Å². The Hall–Kier alpha value is -1.84. The van der Waals surface area contributed by atoms with Crippen LogP contribution in [0.4, 0.5) is 0 Å². The molecular formula is C8H6N4. The molecule has 0 saturated heterocycles. The highest BCUT2D eigenvalue weighted by molar-refractivity contribution is 5.52. The van der Waals surface area contributed by atoms with Crippen LogP contribution in [0.2, 0.25) is 0 Å². The molecule has 0 aliphatic heterocycles. The Morgan fingerprint density at radius 1 is 0.833 bits per heavy atom. The van der Waals surface area contributed by atoms with E-state index in [4.69, 9.17) is 0 Å². The van der Waals surface area contributed by atoms with Crippen molar-refractivity contribution in [3.63, 3.8) is 0 Å². The zero-order valence-corrected chi connectivity index (χ0v) is 6.25. The fraction of sp³-hybridized carbons (Fsp3) is 0. The maximum atomic E-state index is 3.83. The van der Waals surface area contributed by atoms with Crippen LogP contribution in [0.5, 0.6) is 0 Å². The van der Waals surface area contributed by atoms with Gasteiger partial charge in [0.2, 0.25) is 5.82 Å². The highest BCUT2D eigenvalue weighted by atomic mass is 15.3. The highest BCUT2D eigenvalue weighted by Gasteiger charge is 1.97. The first-order valence-electron chi connectivity index (χ1n) is 3.52. The molecule has 12 heavy (non-hydrogen) atoms. The quantitative estimate of drug-likeness (QED) is 0.619. The monoisotopic (exact) mass is 158 g/mol. The van der Waals surface area contributed by atoms with Gasteiger partial charge in [-0.2, -0.15) is 0 Å². The van der Waals surface area contributed by atoms with Gasteiger partial charge in [0.1, 0.15) is 0 Å². The predicted molar refractivity (Wildman–Crippen MR) is 43.1 cm³/mol. The van der Waals surface area contributed by atoms with Gasteiger partial charge in [-0.25, -0.2) is 0 Å². The number of rotatable bonds is 1. The van der Waals surface area contributed by atoms with E-state index in [9.17, 15) is 0 Å². The van der Waals surface area contributed by atoms with Gasteiger partial charge in [-0.05, 0) is 0 Å². The molecule has 2 aromatic rings. The van der Waals surface area contributed by atoms with Crippen molar-refractivity contribution in [1.29, 1.82) is 0 Å². The van der Waals surface area contributed by atoms with Crippen LogP contribution in [0.3, 0.4) is 0 Å². The lowest BCUT2D eigenvalue weighted by atomic mass is 10.2. The van der Waals surface area contributed by atoms with Crippen LogP contribution in [0.25, 0.3) is 11.4 Å². The molecule has 0 N–H and O–H groups in total. The molecule has 0 spiro atoms. The van der Waals surface area contributed by atoms with Gasteiger partial charge in [-0.3, -0.25) is 0 Å². The van der Waals surface area contributed by atoms with Crippen LogP contribution in [-0.2, 0) is 0 Å². The molecule has 4 nitrogen and oxygen atoms in total. The number of hydrogen-bond acceptors (Lipinski definition) is 4. The summed E-state index contributed by atoms with van der Waals surface area (Å²) in [5.74, 6) is 0.554. The molecule has 0 aliphatic carbocycles. The summed E-state index contributed by atoms with van der Waals surface area (Å²) in [7, 11) is 0. The summed E-state index contributed by atoms with van der Waals surface area (Å²) >= 11 is 0. The fourth-order valence-corrected chi connectivity index (χ4v) is 0.907. The number of aromatic nitrogens is 4. The van der Waals surface area contributed by atoms with Crippen molar-refractivity contribution < 1.29 is 0 Å². The number of hydrogen-bond donors (Lipinski definition) is 0. The predicted octanol–water partition coefficient (Wildman–Crippen LogP) is 0.934. The lowest BCUT2D eigenvalue weighted by Crippen LogP contribution is -1.92. The summed E-state index contributed by atoms with van der Waals surface area (Å²) in [6.07, 6.45) is 1.31. The summed E-state index contributed by atoms with van der Waals surface area (Å²) in [6, 6.07) is 9.61. The van der Waals surface area contributed by atoms with Gasteiger partial charge in [0.25, 0.3) is 0 Å². The lowest BCUT2D eigenvalue weighted by molar-refractivity contribution is 0.864.